The number of allylic oxidation sites excluding steroid dienone is 4. The smallest absolute Gasteiger partial charge is 0.181 e. The van der Waals surface area contributed by atoms with Crippen molar-refractivity contribution >= 4 is 21.0 Å². The zero-order chi connectivity index (χ0) is 17.5. The lowest BCUT2D eigenvalue weighted by Gasteiger charge is -2.12. The molecule has 1 aliphatic rings. The van der Waals surface area contributed by atoms with E-state index in [1.165, 1.54) is 0 Å². The van der Waals surface area contributed by atoms with Crippen LogP contribution < -0.4 is 0 Å². The van der Waals surface area contributed by atoms with E-state index in [-0.39, 0.29) is 0 Å². The molecule has 3 nitrogen and oxygen atoms in total. The fourth-order valence-electron chi connectivity index (χ4n) is 2.89. The molecule has 1 aliphatic carbocycles. The van der Waals surface area contributed by atoms with Crippen LogP contribution in [0.15, 0.2) is 47.5 Å². The van der Waals surface area contributed by atoms with Gasteiger partial charge in [-0.3, -0.25) is 4.98 Å². The molecule has 0 saturated heterocycles. The summed E-state index contributed by atoms with van der Waals surface area (Å²) in [7, 11) is -3.97. The molecule has 0 amide bonds. The summed E-state index contributed by atoms with van der Waals surface area (Å²) in [6.07, 6.45) is 6.77. The van der Waals surface area contributed by atoms with Crippen molar-refractivity contribution in [2.75, 3.05) is 6.26 Å². The van der Waals surface area contributed by atoms with Gasteiger partial charge in [0.05, 0.1) is 0 Å². The SMILES string of the molecule is Cc1ncccc1C1=C(c2cc(F)c(S(C)(=O)=O)c(F)c2)CC=C1. The van der Waals surface area contributed by atoms with Gasteiger partial charge in [0.1, 0.15) is 16.5 Å². The molecule has 0 unspecified atom stereocenters. The summed E-state index contributed by atoms with van der Waals surface area (Å²) < 4.78 is 51.4. The molecule has 0 spiro atoms. The van der Waals surface area contributed by atoms with Crippen LogP contribution >= 0.6 is 0 Å². The second kappa shape index (κ2) is 5.94. The van der Waals surface area contributed by atoms with E-state index >= 15 is 0 Å². The van der Waals surface area contributed by atoms with Crippen molar-refractivity contribution < 1.29 is 17.2 Å². The lowest BCUT2D eigenvalue weighted by Crippen LogP contribution is -2.05. The highest BCUT2D eigenvalue weighted by molar-refractivity contribution is 7.90. The van der Waals surface area contributed by atoms with Crippen molar-refractivity contribution in [2.45, 2.75) is 18.2 Å². The number of hydrogen-bond acceptors (Lipinski definition) is 3. The maximum absolute atomic E-state index is 14.2. The molecule has 24 heavy (non-hydrogen) atoms. The predicted octanol–water partition coefficient (Wildman–Crippen LogP) is 3.94. The Morgan fingerprint density at radius 3 is 2.42 bits per heavy atom. The second-order valence-electron chi connectivity index (χ2n) is 5.68. The molecule has 1 heterocycles. The Morgan fingerprint density at radius 1 is 1.17 bits per heavy atom. The van der Waals surface area contributed by atoms with Crippen molar-refractivity contribution in [3.8, 4) is 0 Å². The number of pyridine rings is 1. The van der Waals surface area contributed by atoms with Gasteiger partial charge in [0, 0.05) is 23.7 Å². The Labute approximate surface area is 139 Å². The zero-order valence-electron chi connectivity index (χ0n) is 13.2. The van der Waals surface area contributed by atoms with Crippen LogP contribution in [0.25, 0.3) is 11.1 Å². The van der Waals surface area contributed by atoms with Gasteiger partial charge in [0.2, 0.25) is 0 Å². The van der Waals surface area contributed by atoms with E-state index in [9.17, 15) is 17.2 Å². The summed E-state index contributed by atoms with van der Waals surface area (Å²) >= 11 is 0. The fraction of sp³-hybridized carbons (Fsp3) is 0.167. The van der Waals surface area contributed by atoms with E-state index in [1.54, 1.807) is 12.3 Å². The Hall–Kier alpha value is -2.34. The van der Waals surface area contributed by atoms with Crippen molar-refractivity contribution in [1.29, 1.82) is 0 Å². The first-order chi connectivity index (χ1) is 11.3. The Kier molecular flexibility index (Phi) is 4.09. The summed E-state index contributed by atoms with van der Waals surface area (Å²) in [5.41, 5.74) is 3.61. The molecule has 0 fully saturated rings. The van der Waals surface area contributed by atoms with Crippen LogP contribution in [0.1, 0.15) is 23.2 Å². The average Bonchev–Trinajstić information content (AvgIpc) is 2.94. The van der Waals surface area contributed by atoms with Gasteiger partial charge >= 0.3 is 0 Å². The highest BCUT2D eigenvalue weighted by Crippen LogP contribution is 2.37. The summed E-state index contributed by atoms with van der Waals surface area (Å²) in [5.74, 6) is -2.15. The van der Waals surface area contributed by atoms with Crippen LogP contribution in [0.3, 0.4) is 0 Å². The monoisotopic (exact) mass is 347 g/mol. The Balaban J connectivity index is 2.19. The standard InChI is InChI=1S/C18H15F2NO2S/c1-11-13(7-4-8-21-11)15-6-3-5-14(15)12-9-16(19)18(17(20)10-12)24(2,22)23/h3-4,6-10H,5H2,1-2H3. The van der Waals surface area contributed by atoms with Crippen LogP contribution in [-0.2, 0) is 9.84 Å². The topological polar surface area (TPSA) is 47.0 Å². The first-order valence-corrected chi connectivity index (χ1v) is 9.19. The normalized spacial score (nSPS) is 14.5. The van der Waals surface area contributed by atoms with Gasteiger partial charge in [0.15, 0.2) is 9.84 Å². The third-order valence-corrected chi connectivity index (χ3v) is 5.08. The molecule has 1 aromatic heterocycles. The lowest BCUT2D eigenvalue weighted by molar-refractivity contribution is 0.520. The molecule has 0 radical (unpaired) electrons. The number of aromatic nitrogens is 1. The number of benzene rings is 1. The third-order valence-electron chi connectivity index (χ3n) is 3.95. The van der Waals surface area contributed by atoms with E-state index in [4.69, 9.17) is 0 Å². The van der Waals surface area contributed by atoms with E-state index < -0.39 is 26.4 Å². The Morgan fingerprint density at radius 2 is 1.83 bits per heavy atom. The van der Waals surface area contributed by atoms with Gasteiger partial charge in [-0.1, -0.05) is 18.2 Å². The van der Waals surface area contributed by atoms with Crippen molar-refractivity contribution in [3.63, 3.8) is 0 Å². The maximum Gasteiger partial charge on any atom is 0.181 e. The highest BCUT2D eigenvalue weighted by Gasteiger charge is 2.23. The van der Waals surface area contributed by atoms with Crippen molar-refractivity contribution in [1.82, 2.24) is 4.98 Å². The van der Waals surface area contributed by atoms with E-state index in [1.807, 2.05) is 25.1 Å². The first-order valence-electron chi connectivity index (χ1n) is 7.30. The summed E-state index contributed by atoms with van der Waals surface area (Å²) in [5, 5.41) is 0. The molecular formula is C18H15F2NO2S. The van der Waals surface area contributed by atoms with Crippen LogP contribution in [0.4, 0.5) is 8.78 Å². The van der Waals surface area contributed by atoms with Gasteiger partial charge in [-0.2, -0.15) is 0 Å². The minimum Gasteiger partial charge on any atom is -0.261 e. The molecule has 0 saturated carbocycles. The maximum atomic E-state index is 14.2. The highest BCUT2D eigenvalue weighted by atomic mass is 32.2. The minimum atomic E-state index is -3.97. The quantitative estimate of drug-likeness (QED) is 0.845. The molecule has 6 heteroatoms. The lowest BCUT2D eigenvalue weighted by atomic mass is 9.96. The number of aryl methyl sites for hydroxylation is 1. The molecular weight excluding hydrogens is 332 g/mol. The van der Waals surface area contributed by atoms with E-state index in [0.29, 0.717) is 12.0 Å². The zero-order valence-corrected chi connectivity index (χ0v) is 14.0. The summed E-state index contributed by atoms with van der Waals surface area (Å²) in [6, 6.07) is 5.85. The number of sulfone groups is 1. The number of nitrogens with zero attached hydrogens (tertiary/aromatic N) is 1. The molecule has 124 valence electrons. The average molecular weight is 347 g/mol. The molecule has 3 rings (SSSR count). The Bertz CT molecular complexity index is 969. The van der Waals surface area contributed by atoms with Gasteiger partial charge in [-0.15, -0.1) is 0 Å². The minimum absolute atomic E-state index is 0.334. The number of hydrogen-bond donors (Lipinski definition) is 0. The van der Waals surface area contributed by atoms with Gasteiger partial charge in [-0.25, -0.2) is 17.2 Å². The van der Waals surface area contributed by atoms with Crippen LogP contribution in [0.2, 0.25) is 0 Å². The van der Waals surface area contributed by atoms with Crippen LogP contribution in [0, 0.1) is 18.6 Å². The van der Waals surface area contributed by atoms with E-state index in [2.05, 4.69) is 4.98 Å². The fourth-order valence-corrected chi connectivity index (χ4v) is 3.71. The second-order valence-corrected chi connectivity index (χ2v) is 7.63. The molecule has 0 bridgehead atoms. The van der Waals surface area contributed by atoms with Crippen LogP contribution in [0.5, 0.6) is 0 Å². The molecule has 0 aliphatic heterocycles. The number of halogens is 2. The van der Waals surface area contributed by atoms with Gasteiger partial charge < -0.3 is 0 Å². The van der Waals surface area contributed by atoms with Crippen LogP contribution in [-0.4, -0.2) is 19.7 Å². The molecule has 0 N–H and O–H groups in total. The molecule has 1 aromatic carbocycles. The summed E-state index contributed by atoms with van der Waals surface area (Å²) in [6.45, 7) is 1.86. The molecule has 2 aromatic rings. The first kappa shape index (κ1) is 16.5. The van der Waals surface area contributed by atoms with Gasteiger partial charge in [0.25, 0.3) is 0 Å². The number of rotatable bonds is 3. The van der Waals surface area contributed by atoms with E-state index in [0.717, 1.165) is 40.8 Å². The summed E-state index contributed by atoms with van der Waals surface area (Å²) in [4.78, 5) is 3.35. The third kappa shape index (κ3) is 2.89. The van der Waals surface area contributed by atoms with Gasteiger partial charge in [-0.05, 0) is 48.3 Å². The largest absolute Gasteiger partial charge is 0.261 e. The molecule has 0 atom stereocenters. The van der Waals surface area contributed by atoms with Crippen molar-refractivity contribution in [3.05, 3.63) is 71.1 Å². The van der Waals surface area contributed by atoms with Crippen molar-refractivity contribution in [2.24, 2.45) is 0 Å². The predicted molar refractivity (Wildman–Crippen MR) is 89.0 cm³/mol.